The molecule has 1 aromatic heterocycles. The molecule has 1 aliphatic heterocycles. The van der Waals surface area contributed by atoms with Crippen molar-refractivity contribution in [2.45, 2.75) is 31.8 Å². The molecule has 5 heteroatoms. The number of nitrogens with one attached hydrogen (secondary N) is 1. The van der Waals surface area contributed by atoms with Gasteiger partial charge in [-0.2, -0.15) is 0 Å². The van der Waals surface area contributed by atoms with Crippen LogP contribution < -0.4 is 10.2 Å². The molecule has 0 aromatic carbocycles. The second kappa shape index (κ2) is 5.80. The fraction of sp³-hybridized carbons (Fsp3) is 0.750. The molecule has 1 unspecified atom stereocenters. The Hall–Kier alpha value is -0.650. The van der Waals surface area contributed by atoms with Gasteiger partial charge in [-0.15, -0.1) is 11.3 Å². The van der Waals surface area contributed by atoms with E-state index in [9.17, 15) is 0 Å². The molecule has 0 radical (unpaired) electrons. The van der Waals surface area contributed by atoms with Gasteiger partial charge in [0.15, 0.2) is 5.13 Å². The molecule has 1 N–H and O–H groups in total. The van der Waals surface area contributed by atoms with Crippen molar-refractivity contribution in [3.8, 4) is 0 Å². The molecule has 0 bridgehead atoms. The van der Waals surface area contributed by atoms with Gasteiger partial charge in [0.05, 0.1) is 5.69 Å². The van der Waals surface area contributed by atoms with Gasteiger partial charge in [0.1, 0.15) is 0 Å². The van der Waals surface area contributed by atoms with Gasteiger partial charge >= 0.3 is 0 Å². The Labute approximate surface area is 107 Å². The van der Waals surface area contributed by atoms with Gasteiger partial charge < -0.3 is 15.0 Å². The van der Waals surface area contributed by atoms with Crippen LogP contribution in [0.3, 0.4) is 0 Å². The Balaban J connectivity index is 2.03. The molecule has 1 fully saturated rings. The fourth-order valence-electron chi connectivity index (χ4n) is 2.01. The lowest BCUT2D eigenvalue weighted by molar-refractivity contribution is 0.0855. The van der Waals surface area contributed by atoms with Crippen molar-refractivity contribution >= 4 is 16.5 Å². The second-order valence-corrected chi connectivity index (χ2v) is 5.36. The van der Waals surface area contributed by atoms with E-state index in [0.717, 1.165) is 36.9 Å². The highest BCUT2D eigenvalue weighted by Gasteiger charge is 2.21. The number of anilines is 1. The number of ether oxygens (including phenoxy) is 1. The normalized spacial score (nSPS) is 19.2. The number of rotatable bonds is 4. The first-order chi connectivity index (χ1) is 8.22. The molecule has 2 heterocycles. The summed E-state index contributed by atoms with van der Waals surface area (Å²) in [6, 6.07) is 0.899. The maximum Gasteiger partial charge on any atom is 0.185 e. The van der Waals surface area contributed by atoms with E-state index < -0.39 is 0 Å². The van der Waals surface area contributed by atoms with Crippen LogP contribution in [-0.4, -0.2) is 38.3 Å². The van der Waals surface area contributed by atoms with Crippen LogP contribution in [-0.2, 0) is 4.74 Å². The molecular weight excluding hydrogens is 234 g/mol. The summed E-state index contributed by atoms with van der Waals surface area (Å²) in [6.45, 7) is 3.88. The minimum atomic E-state index is 0.322. The first kappa shape index (κ1) is 12.8. The molecule has 1 aliphatic rings. The summed E-state index contributed by atoms with van der Waals surface area (Å²) >= 11 is 1.73. The highest BCUT2D eigenvalue weighted by molar-refractivity contribution is 7.13. The Morgan fingerprint density at radius 2 is 2.24 bits per heavy atom. The third-order valence-corrected chi connectivity index (χ3v) is 4.38. The molecule has 2 rings (SSSR count). The smallest absolute Gasteiger partial charge is 0.185 e. The van der Waals surface area contributed by atoms with Gasteiger partial charge in [0.25, 0.3) is 0 Å². The zero-order valence-electron chi connectivity index (χ0n) is 10.8. The standard InChI is InChI=1S/C12H21N3OS/c1-9(13-2)11-8-17-12(14-11)15(3)10-4-6-16-7-5-10/h8-10,13H,4-7H2,1-3H3. The molecule has 1 saturated heterocycles. The summed E-state index contributed by atoms with van der Waals surface area (Å²) in [5, 5.41) is 6.48. The average Bonchev–Trinajstić information content (AvgIpc) is 2.87. The summed E-state index contributed by atoms with van der Waals surface area (Å²) in [4.78, 5) is 7.00. The molecular formula is C12H21N3OS. The SMILES string of the molecule is CNC(C)c1csc(N(C)C2CCOCC2)n1. The molecule has 0 aliphatic carbocycles. The number of hydrogen-bond donors (Lipinski definition) is 1. The fourth-order valence-corrected chi connectivity index (χ4v) is 2.97. The minimum Gasteiger partial charge on any atom is -0.381 e. The van der Waals surface area contributed by atoms with Gasteiger partial charge in [0, 0.05) is 37.7 Å². The van der Waals surface area contributed by atoms with E-state index in [-0.39, 0.29) is 0 Å². The molecule has 0 amide bonds. The summed E-state index contributed by atoms with van der Waals surface area (Å²) < 4.78 is 5.39. The van der Waals surface area contributed by atoms with Gasteiger partial charge in [-0.05, 0) is 26.8 Å². The Morgan fingerprint density at radius 1 is 1.53 bits per heavy atom. The number of thiazole rings is 1. The maximum absolute atomic E-state index is 5.39. The van der Waals surface area contributed by atoms with Crippen molar-refractivity contribution in [3.63, 3.8) is 0 Å². The van der Waals surface area contributed by atoms with Crippen molar-refractivity contribution in [1.82, 2.24) is 10.3 Å². The molecule has 0 saturated carbocycles. The Morgan fingerprint density at radius 3 is 2.88 bits per heavy atom. The third kappa shape index (κ3) is 2.97. The van der Waals surface area contributed by atoms with Crippen molar-refractivity contribution < 1.29 is 4.74 Å². The van der Waals surface area contributed by atoms with Gasteiger partial charge in [-0.25, -0.2) is 4.98 Å². The number of aromatic nitrogens is 1. The van der Waals surface area contributed by atoms with Crippen LogP contribution in [0, 0.1) is 0 Å². The lowest BCUT2D eigenvalue weighted by atomic mass is 10.1. The average molecular weight is 255 g/mol. The lowest BCUT2D eigenvalue weighted by Crippen LogP contribution is -2.36. The molecule has 17 heavy (non-hydrogen) atoms. The van der Waals surface area contributed by atoms with Gasteiger partial charge in [-0.3, -0.25) is 0 Å². The molecule has 0 spiro atoms. The lowest BCUT2D eigenvalue weighted by Gasteiger charge is -2.30. The molecule has 96 valence electrons. The maximum atomic E-state index is 5.39. The summed E-state index contributed by atoms with van der Waals surface area (Å²) in [7, 11) is 4.11. The van der Waals surface area contributed by atoms with E-state index in [4.69, 9.17) is 9.72 Å². The van der Waals surface area contributed by atoms with Gasteiger partial charge in [-0.1, -0.05) is 0 Å². The minimum absolute atomic E-state index is 0.322. The van der Waals surface area contributed by atoms with Crippen molar-refractivity contribution in [2.24, 2.45) is 0 Å². The van der Waals surface area contributed by atoms with Crippen LogP contribution in [0.2, 0.25) is 0 Å². The van der Waals surface area contributed by atoms with E-state index in [1.807, 2.05) is 7.05 Å². The predicted octanol–water partition coefficient (Wildman–Crippen LogP) is 2.04. The number of hydrogen-bond acceptors (Lipinski definition) is 5. The van der Waals surface area contributed by atoms with E-state index in [0.29, 0.717) is 12.1 Å². The van der Waals surface area contributed by atoms with Crippen molar-refractivity contribution in [2.75, 3.05) is 32.2 Å². The first-order valence-electron chi connectivity index (χ1n) is 6.15. The summed E-state index contributed by atoms with van der Waals surface area (Å²) in [5.74, 6) is 0. The molecule has 4 nitrogen and oxygen atoms in total. The van der Waals surface area contributed by atoms with Gasteiger partial charge in [0.2, 0.25) is 0 Å². The summed E-state index contributed by atoms with van der Waals surface area (Å²) in [6.07, 6.45) is 2.21. The van der Waals surface area contributed by atoms with E-state index in [1.54, 1.807) is 11.3 Å². The van der Waals surface area contributed by atoms with Crippen LogP contribution >= 0.6 is 11.3 Å². The highest BCUT2D eigenvalue weighted by atomic mass is 32.1. The third-order valence-electron chi connectivity index (χ3n) is 3.43. The second-order valence-electron chi connectivity index (χ2n) is 4.52. The van der Waals surface area contributed by atoms with Crippen LogP contribution in [0.25, 0.3) is 0 Å². The van der Waals surface area contributed by atoms with Crippen LogP contribution in [0.1, 0.15) is 31.5 Å². The monoisotopic (exact) mass is 255 g/mol. The van der Waals surface area contributed by atoms with Crippen LogP contribution in [0.4, 0.5) is 5.13 Å². The molecule has 1 atom stereocenters. The van der Waals surface area contributed by atoms with Crippen molar-refractivity contribution in [1.29, 1.82) is 0 Å². The zero-order valence-corrected chi connectivity index (χ0v) is 11.6. The quantitative estimate of drug-likeness (QED) is 0.893. The van der Waals surface area contributed by atoms with E-state index in [1.165, 1.54) is 0 Å². The zero-order chi connectivity index (χ0) is 12.3. The predicted molar refractivity (Wildman–Crippen MR) is 71.8 cm³/mol. The van der Waals surface area contributed by atoms with Crippen molar-refractivity contribution in [3.05, 3.63) is 11.1 Å². The Bertz CT molecular complexity index is 349. The first-order valence-corrected chi connectivity index (χ1v) is 7.03. The Kier molecular flexibility index (Phi) is 4.36. The topological polar surface area (TPSA) is 37.4 Å². The van der Waals surface area contributed by atoms with E-state index >= 15 is 0 Å². The molecule has 1 aromatic rings. The van der Waals surface area contributed by atoms with Crippen LogP contribution in [0.15, 0.2) is 5.38 Å². The summed E-state index contributed by atoms with van der Waals surface area (Å²) in [5.41, 5.74) is 1.13. The van der Waals surface area contributed by atoms with E-state index in [2.05, 4.69) is 29.6 Å². The number of nitrogens with zero attached hydrogens (tertiary/aromatic N) is 2. The van der Waals surface area contributed by atoms with Crippen LogP contribution in [0.5, 0.6) is 0 Å². The largest absolute Gasteiger partial charge is 0.381 e. The highest BCUT2D eigenvalue weighted by Crippen LogP contribution is 2.26.